The highest BCUT2D eigenvalue weighted by Gasteiger charge is 2.32. The number of aromatic nitrogens is 1. The van der Waals surface area contributed by atoms with Crippen LogP contribution in [-0.2, 0) is 35.5 Å². The molecule has 1 aromatic heterocycles. The molecule has 27 heavy (non-hydrogen) atoms. The van der Waals surface area contributed by atoms with Crippen LogP contribution >= 0.6 is 15.9 Å². The summed E-state index contributed by atoms with van der Waals surface area (Å²) in [4.78, 5) is 26.0. The van der Waals surface area contributed by atoms with Crippen LogP contribution in [0.5, 0.6) is 0 Å². The van der Waals surface area contributed by atoms with E-state index in [1.807, 2.05) is 6.07 Å². The number of amides is 1. The second-order valence-corrected chi connectivity index (χ2v) is 7.84. The standard InChI is InChI=1S/C20H20BrFN2O3/c1-12(25)27-11-15-16(21)9-14(22)10-18(15)24-7-6-23-17-5-3-2-4-13(17)8-19(23)20(24)26/h8-10H,2-7,11H2,1H3. The minimum Gasteiger partial charge on any atom is -0.461 e. The fraction of sp³-hybridized carbons (Fsp3) is 0.400. The summed E-state index contributed by atoms with van der Waals surface area (Å²) in [5.74, 6) is -1.02. The van der Waals surface area contributed by atoms with Crippen LogP contribution in [0, 0.1) is 5.82 Å². The Kier molecular flexibility index (Phi) is 4.80. The SMILES string of the molecule is CC(=O)OCc1c(Br)cc(F)cc1N1CCn2c(cc3c2CCCC3)C1=O. The number of hydrogen-bond acceptors (Lipinski definition) is 3. The number of rotatable bonds is 3. The first kappa shape index (κ1) is 18.2. The van der Waals surface area contributed by atoms with E-state index in [2.05, 4.69) is 20.5 Å². The minimum absolute atomic E-state index is 0.0210. The van der Waals surface area contributed by atoms with Gasteiger partial charge in [-0.25, -0.2) is 4.39 Å². The molecule has 2 aliphatic rings. The summed E-state index contributed by atoms with van der Waals surface area (Å²) in [7, 11) is 0. The second kappa shape index (κ2) is 7.11. The van der Waals surface area contributed by atoms with Crippen molar-refractivity contribution >= 4 is 33.5 Å². The van der Waals surface area contributed by atoms with Crippen molar-refractivity contribution in [1.82, 2.24) is 4.57 Å². The van der Waals surface area contributed by atoms with Crippen molar-refractivity contribution in [3.05, 3.63) is 51.0 Å². The Hall–Kier alpha value is -2.15. The zero-order valence-electron chi connectivity index (χ0n) is 15.1. The minimum atomic E-state index is -0.448. The van der Waals surface area contributed by atoms with Gasteiger partial charge >= 0.3 is 5.97 Å². The number of carbonyl (C=O) groups excluding carboxylic acids is 2. The molecule has 2 aromatic rings. The summed E-state index contributed by atoms with van der Waals surface area (Å²) in [6.07, 6.45) is 4.31. The first-order chi connectivity index (χ1) is 13.0. The number of fused-ring (bicyclic) bond motifs is 3. The lowest BCUT2D eigenvalue weighted by molar-refractivity contribution is -0.142. The molecule has 5 nitrogen and oxygen atoms in total. The van der Waals surface area contributed by atoms with Gasteiger partial charge in [0.2, 0.25) is 0 Å². The van der Waals surface area contributed by atoms with E-state index in [4.69, 9.17) is 4.74 Å². The maximum atomic E-state index is 14.1. The molecule has 1 amide bonds. The van der Waals surface area contributed by atoms with Crippen LogP contribution < -0.4 is 4.90 Å². The Bertz CT molecular complexity index is 938. The van der Waals surface area contributed by atoms with Gasteiger partial charge in [-0.15, -0.1) is 0 Å². The van der Waals surface area contributed by atoms with Gasteiger partial charge in [0.25, 0.3) is 5.91 Å². The van der Waals surface area contributed by atoms with Gasteiger partial charge in [0.1, 0.15) is 18.1 Å². The van der Waals surface area contributed by atoms with Crippen molar-refractivity contribution in [2.45, 2.75) is 45.8 Å². The topological polar surface area (TPSA) is 51.5 Å². The maximum absolute atomic E-state index is 14.1. The van der Waals surface area contributed by atoms with E-state index in [-0.39, 0.29) is 12.5 Å². The van der Waals surface area contributed by atoms with E-state index < -0.39 is 11.8 Å². The van der Waals surface area contributed by atoms with Crippen LogP contribution in [0.25, 0.3) is 0 Å². The Morgan fingerprint density at radius 2 is 2.00 bits per heavy atom. The van der Waals surface area contributed by atoms with Gasteiger partial charge in [0, 0.05) is 35.7 Å². The molecule has 0 atom stereocenters. The van der Waals surface area contributed by atoms with Crippen LogP contribution in [-0.4, -0.2) is 23.0 Å². The van der Waals surface area contributed by atoms with Gasteiger partial charge < -0.3 is 14.2 Å². The summed E-state index contributed by atoms with van der Waals surface area (Å²) >= 11 is 3.34. The Morgan fingerprint density at radius 1 is 1.22 bits per heavy atom. The Balaban J connectivity index is 1.73. The lowest BCUT2D eigenvalue weighted by Gasteiger charge is -2.31. The number of ether oxygens (including phenoxy) is 1. The number of carbonyl (C=O) groups is 2. The summed E-state index contributed by atoms with van der Waals surface area (Å²) in [6.45, 7) is 2.43. The highest BCUT2D eigenvalue weighted by molar-refractivity contribution is 9.10. The zero-order chi connectivity index (χ0) is 19.1. The van der Waals surface area contributed by atoms with Crippen LogP contribution in [0.3, 0.4) is 0 Å². The van der Waals surface area contributed by atoms with Crippen molar-refractivity contribution in [2.24, 2.45) is 0 Å². The van der Waals surface area contributed by atoms with E-state index in [0.29, 0.717) is 34.5 Å². The van der Waals surface area contributed by atoms with E-state index in [1.165, 1.54) is 30.3 Å². The molecule has 1 aliphatic carbocycles. The van der Waals surface area contributed by atoms with E-state index in [1.54, 1.807) is 4.90 Å². The molecule has 1 aromatic carbocycles. The molecular formula is C20H20BrFN2O3. The number of aryl methyl sites for hydroxylation is 1. The van der Waals surface area contributed by atoms with Gasteiger partial charge in [-0.05, 0) is 49.4 Å². The number of benzene rings is 1. The number of nitrogens with zero attached hydrogens (tertiary/aromatic N) is 2. The van der Waals surface area contributed by atoms with Crippen molar-refractivity contribution in [3.8, 4) is 0 Å². The van der Waals surface area contributed by atoms with Crippen molar-refractivity contribution in [1.29, 1.82) is 0 Å². The average molecular weight is 435 g/mol. The summed E-state index contributed by atoms with van der Waals surface area (Å²) in [5, 5.41) is 0. The Labute approximate surface area is 165 Å². The van der Waals surface area contributed by atoms with Crippen LogP contribution in [0.15, 0.2) is 22.7 Å². The van der Waals surface area contributed by atoms with E-state index >= 15 is 0 Å². The number of esters is 1. The largest absolute Gasteiger partial charge is 0.461 e. The van der Waals surface area contributed by atoms with Gasteiger partial charge in [0.15, 0.2) is 0 Å². The molecule has 0 bridgehead atoms. The molecule has 1 aliphatic heterocycles. The van der Waals surface area contributed by atoms with E-state index in [0.717, 1.165) is 25.7 Å². The molecule has 7 heteroatoms. The summed E-state index contributed by atoms with van der Waals surface area (Å²) < 4.78 is 21.8. The van der Waals surface area contributed by atoms with Crippen LogP contribution in [0.4, 0.5) is 10.1 Å². The predicted molar refractivity (Wildman–Crippen MR) is 102 cm³/mol. The zero-order valence-corrected chi connectivity index (χ0v) is 16.6. The predicted octanol–water partition coefficient (Wildman–Crippen LogP) is 3.99. The lowest BCUT2D eigenvalue weighted by Crippen LogP contribution is -2.41. The molecule has 4 rings (SSSR count). The maximum Gasteiger partial charge on any atom is 0.302 e. The fourth-order valence-corrected chi connectivity index (χ4v) is 4.55. The van der Waals surface area contributed by atoms with Crippen molar-refractivity contribution in [3.63, 3.8) is 0 Å². The fourth-order valence-electron chi connectivity index (χ4n) is 4.01. The third kappa shape index (κ3) is 3.29. The lowest BCUT2D eigenvalue weighted by atomic mass is 9.98. The number of anilines is 1. The van der Waals surface area contributed by atoms with Crippen molar-refractivity contribution < 1.29 is 18.7 Å². The molecule has 0 fully saturated rings. The van der Waals surface area contributed by atoms with Gasteiger partial charge in [0.05, 0.1) is 5.69 Å². The van der Waals surface area contributed by atoms with Gasteiger partial charge in [-0.1, -0.05) is 15.9 Å². The van der Waals surface area contributed by atoms with Gasteiger partial charge in [-0.3, -0.25) is 9.59 Å². The monoisotopic (exact) mass is 434 g/mol. The number of halogens is 2. The quantitative estimate of drug-likeness (QED) is 0.686. The molecule has 0 radical (unpaired) electrons. The van der Waals surface area contributed by atoms with Crippen molar-refractivity contribution in [2.75, 3.05) is 11.4 Å². The molecule has 0 unspecified atom stereocenters. The second-order valence-electron chi connectivity index (χ2n) is 6.98. The summed E-state index contributed by atoms with van der Waals surface area (Å²) in [6, 6.07) is 4.64. The highest BCUT2D eigenvalue weighted by atomic mass is 79.9. The average Bonchev–Trinajstić information content (AvgIpc) is 3.00. The normalized spacial score (nSPS) is 16.1. The first-order valence-electron chi connectivity index (χ1n) is 9.10. The summed E-state index contributed by atoms with van der Waals surface area (Å²) in [5.41, 5.74) is 4.21. The first-order valence-corrected chi connectivity index (χ1v) is 9.89. The number of hydrogen-bond donors (Lipinski definition) is 0. The molecule has 0 saturated heterocycles. The smallest absolute Gasteiger partial charge is 0.302 e. The molecule has 0 spiro atoms. The molecule has 2 heterocycles. The molecular weight excluding hydrogens is 415 g/mol. The third-order valence-electron chi connectivity index (χ3n) is 5.27. The van der Waals surface area contributed by atoms with Crippen LogP contribution in [0.2, 0.25) is 0 Å². The van der Waals surface area contributed by atoms with E-state index in [9.17, 15) is 14.0 Å². The Morgan fingerprint density at radius 3 is 2.78 bits per heavy atom. The third-order valence-corrected chi connectivity index (χ3v) is 5.97. The highest BCUT2D eigenvalue weighted by Crippen LogP contribution is 2.34. The molecule has 142 valence electrons. The molecule has 0 N–H and O–H groups in total. The van der Waals surface area contributed by atoms with Gasteiger partial charge in [-0.2, -0.15) is 0 Å². The molecule has 0 saturated carbocycles. The van der Waals surface area contributed by atoms with Crippen LogP contribution in [0.1, 0.15) is 47.1 Å².